The van der Waals surface area contributed by atoms with Crippen LogP contribution in [0.1, 0.15) is 55.9 Å². The zero-order valence-electron chi connectivity index (χ0n) is 23.5. The van der Waals surface area contributed by atoms with E-state index in [1.165, 1.54) is 35.9 Å². The molecule has 2 N–H and O–H groups in total. The van der Waals surface area contributed by atoms with Crippen LogP contribution in [0.2, 0.25) is 0 Å². The molecule has 0 spiro atoms. The van der Waals surface area contributed by atoms with E-state index in [1.54, 1.807) is 25.1 Å². The smallest absolute Gasteiger partial charge is 0.407 e. The van der Waals surface area contributed by atoms with Crippen molar-refractivity contribution in [3.8, 4) is 11.5 Å². The molecule has 0 unspecified atom stereocenters. The van der Waals surface area contributed by atoms with Gasteiger partial charge in [-0.05, 0) is 99.4 Å². The molecule has 0 bridgehead atoms. The van der Waals surface area contributed by atoms with Crippen LogP contribution in [0.15, 0.2) is 46.1 Å². The second kappa shape index (κ2) is 11.7. The minimum Gasteiger partial charge on any atom is -0.496 e. The van der Waals surface area contributed by atoms with Gasteiger partial charge in [0.25, 0.3) is 0 Å². The van der Waals surface area contributed by atoms with Crippen molar-refractivity contribution in [1.82, 2.24) is 20.3 Å². The van der Waals surface area contributed by atoms with Crippen LogP contribution >= 0.6 is 11.9 Å². The van der Waals surface area contributed by atoms with Gasteiger partial charge in [-0.25, -0.2) is 4.79 Å². The number of carbonyl (C=O) groups is 1. The van der Waals surface area contributed by atoms with E-state index in [0.717, 1.165) is 40.0 Å². The number of aromatic nitrogens is 3. The second-order valence-electron chi connectivity index (χ2n) is 10.8. The van der Waals surface area contributed by atoms with E-state index in [2.05, 4.69) is 32.4 Å². The maximum absolute atomic E-state index is 11.9. The Morgan fingerprint density at radius 1 is 1.05 bits per heavy atom. The number of ether oxygens (including phenoxy) is 3. The summed E-state index contributed by atoms with van der Waals surface area (Å²) in [5.41, 5.74) is 4.61. The molecule has 10 nitrogen and oxygen atoms in total. The number of aryl methyl sites for hydroxylation is 2. The highest BCUT2D eigenvalue weighted by Gasteiger charge is 2.19. The predicted octanol–water partition coefficient (Wildman–Crippen LogP) is 6.11. The van der Waals surface area contributed by atoms with Crippen LogP contribution in [0, 0.1) is 0 Å². The number of hydrogen-bond donors (Lipinski definition) is 2. The number of rotatable bonds is 9. The maximum Gasteiger partial charge on any atom is 0.407 e. The van der Waals surface area contributed by atoms with Gasteiger partial charge in [0.1, 0.15) is 22.5 Å². The van der Waals surface area contributed by atoms with Crippen LogP contribution in [0.4, 0.5) is 10.6 Å². The molecule has 40 heavy (non-hydrogen) atoms. The Bertz CT molecular complexity index is 1510. The average molecular weight is 566 g/mol. The summed E-state index contributed by atoms with van der Waals surface area (Å²) in [5.74, 6) is 2.08. The molecule has 0 radical (unpaired) electrons. The van der Waals surface area contributed by atoms with E-state index in [0.29, 0.717) is 30.2 Å². The molecule has 11 heteroatoms. The van der Waals surface area contributed by atoms with E-state index in [-0.39, 0.29) is 0 Å². The summed E-state index contributed by atoms with van der Waals surface area (Å²) in [5, 5.41) is 12.2. The van der Waals surface area contributed by atoms with Crippen molar-refractivity contribution in [2.45, 2.75) is 70.0 Å². The summed E-state index contributed by atoms with van der Waals surface area (Å²) >= 11 is 1.45. The van der Waals surface area contributed by atoms with Gasteiger partial charge in [-0.2, -0.15) is 5.10 Å². The van der Waals surface area contributed by atoms with Crippen molar-refractivity contribution in [3.05, 3.63) is 58.9 Å². The fourth-order valence-corrected chi connectivity index (χ4v) is 5.54. The minimum absolute atomic E-state index is 0.321. The normalized spacial score (nSPS) is 13.1. The number of alkyl carbamates (subject to hydrolysis) is 1. The quantitative estimate of drug-likeness (QED) is 0.232. The Morgan fingerprint density at radius 3 is 2.52 bits per heavy atom. The Hall–Kier alpha value is -3.86. The second-order valence-corrected chi connectivity index (χ2v) is 11.6. The van der Waals surface area contributed by atoms with Crippen LogP contribution in [0.25, 0.3) is 11.0 Å². The molecule has 212 valence electrons. The number of anilines is 1. The third-order valence-electron chi connectivity index (χ3n) is 6.57. The van der Waals surface area contributed by atoms with Gasteiger partial charge >= 0.3 is 6.09 Å². The molecule has 4 aromatic rings. The molecule has 0 aliphatic heterocycles. The van der Waals surface area contributed by atoms with Gasteiger partial charge in [0.15, 0.2) is 11.4 Å². The molecule has 2 heterocycles. The van der Waals surface area contributed by atoms with E-state index >= 15 is 0 Å². The average Bonchev–Trinajstić information content (AvgIpc) is 3.55. The number of nitrogens with one attached hydrogen (secondary N) is 2. The summed E-state index contributed by atoms with van der Waals surface area (Å²) in [7, 11) is 3.33. The Kier molecular flexibility index (Phi) is 8.11. The van der Waals surface area contributed by atoms with Crippen LogP contribution in [-0.2, 0) is 30.7 Å². The van der Waals surface area contributed by atoms with Crippen molar-refractivity contribution in [2.75, 3.05) is 18.9 Å². The van der Waals surface area contributed by atoms with Crippen molar-refractivity contribution >= 4 is 34.8 Å². The van der Waals surface area contributed by atoms with Crippen LogP contribution in [0.3, 0.4) is 0 Å². The SMILES string of the molecule is COc1cc2c(cc1SNc1noc3cc(Cn4cc(CNC(=O)OC(C)(C)C)cn4)cc(OC)c13)CCCC2. The molecule has 0 atom stereocenters. The van der Waals surface area contributed by atoms with Gasteiger partial charge in [-0.1, -0.05) is 5.16 Å². The Labute approximate surface area is 237 Å². The number of carbonyl (C=O) groups excluding carboxylic acids is 1. The molecule has 0 fully saturated rings. The van der Waals surface area contributed by atoms with Gasteiger partial charge in [0.2, 0.25) is 0 Å². The molecular formula is C29H35N5O5S. The number of amides is 1. The van der Waals surface area contributed by atoms with Crippen LogP contribution in [0.5, 0.6) is 11.5 Å². The summed E-state index contributed by atoms with van der Waals surface area (Å²) in [4.78, 5) is 12.9. The number of nitrogens with zero attached hydrogens (tertiary/aromatic N) is 3. The largest absolute Gasteiger partial charge is 0.496 e. The zero-order chi connectivity index (χ0) is 28.3. The number of hydrogen-bond acceptors (Lipinski definition) is 9. The first-order valence-electron chi connectivity index (χ1n) is 13.3. The lowest BCUT2D eigenvalue weighted by Crippen LogP contribution is -2.32. The number of benzene rings is 2. The van der Waals surface area contributed by atoms with Crippen molar-refractivity contribution in [1.29, 1.82) is 0 Å². The van der Waals surface area contributed by atoms with E-state index < -0.39 is 11.7 Å². The first-order chi connectivity index (χ1) is 19.2. The lowest BCUT2D eigenvalue weighted by Gasteiger charge is -2.19. The molecule has 0 saturated carbocycles. The molecule has 1 amide bonds. The monoisotopic (exact) mass is 565 g/mol. The van der Waals surface area contributed by atoms with Gasteiger partial charge in [-0.15, -0.1) is 0 Å². The van der Waals surface area contributed by atoms with Crippen LogP contribution < -0.4 is 19.5 Å². The number of methoxy groups -OCH3 is 2. The summed E-state index contributed by atoms with van der Waals surface area (Å²) in [6, 6.07) is 8.25. The first kappa shape index (κ1) is 27.7. The minimum atomic E-state index is -0.547. The summed E-state index contributed by atoms with van der Waals surface area (Å²) in [6.07, 6.45) is 7.76. The van der Waals surface area contributed by atoms with Crippen molar-refractivity contribution in [3.63, 3.8) is 0 Å². The van der Waals surface area contributed by atoms with Crippen LogP contribution in [-0.4, -0.2) is 40.9 Å². The third-order valence-corrected chi connectivity index (χ3v) is 7.40. The molecule has 1 aliphatic carbocycles. The van der Waals surface area contributed by atoms with Crippen molar-refractivity contribution < 1.29 is 23.5 Å². The van der Waals surface area contributed by atoms with Gasteiger partial charge < -0.3 is 28.8 Å². The van der Waals surface area contributed by atoms with Gasteiger partial charge in [0.05, 0.1) is 31.9 Å². The van der Waals surface area contributed by atoms with E-state index in [9.17, 15) is 4.79 Å². The molecule has 1 aliphatic rings. The zero-order valence-corrected chi connectivity index (χ0v) is 24.3. The Balaban J connectivity index is 1.28. The first-order valence-corrected chi connectivity index (χ1v) is 14.1. The molecule has 0 saturated heterocycles. The van der Waals surface area contributed by atoms with Gasteiger partial charge in [0, 0.05) is 18.3 Å². The molecule has 2 aromatic heterocycles. The Morgan fingerprint density at radius 2 is 1.80 bits per heavy atom. The number of fused-ring (bicyclic) bond motifs is 2. The van der Waals surface area contributed by atoms with Gasteiger partial charge in [-0.3, -0.25) is 4.68 Å². The van der Waals surface area contributed by atoms with Crippen molar-refractivity contribution in [2.24, 2.45) is 0 Å². The third kappa shape index (κ3) is 6.47. The summed E-state index contributed by atoms with van der Waals surface area (Å²) in [6.45, 7) is 6.29. The molecule has 5 rings (SSSR count). The highest BCUT2D eigenvalue weighted by atomic mass is 32.2. The standard InChI is InChI=1S/C29H35N5O5S/c1-29(2,3)38-28(35)30-14-19-15-31-34(17-19)16-18-10-23(37-5)26-24(11-18)39-32-27(26)33-40-25-13-21-9-7-6-8-20(21)12-22(25)36-4/h10-13,15,17H,6-9,14,16H2,1-5H3,(H,30,35)(H,32,33). The topological polar surface area (TPSA) is 113 Å². The highest BCUT2D eigenvalue weighted by molar-refractivity contribution is 8.00. The maximum atomic E-state index is 11.9. The highest BCUT2D eigenvalue weighted by Crippen LogP contribution is 2.39. The fraction of sp³-hybridized carbons (Fsp3) is 0.414. The van der Waals surface area contributed by atoms with E-state index in [4.69, 9.17) is 18.7 Å². The lowest BCUT2D eigenvalue weighted by molar-refractivity contribution is 0.0523. The fourth-order valence-electron chi connectivity index (χ4n) is 4.75. The molecule has 2 aromatic carbocycles. The summed E-state index contributed by atoms with van der Waals surface area (Å²) < 4.78 is 27.5. The van der Waals surface area contributed by atoms with E-state index in [1.807, 2.05) is 39.1 Å². The molecular weight excluding hydrogens is 530 g/mol. The predicted molar refractivity (Wildman–Crippen MR) is 154 cm³/mol. The lowest BCUT2D eigenvalue weighted by atomic mass is 9.92.